The molecule has 4 nitrogen and oxygen atoms in total. The molecular formula is C39H25Cl2NO3. The topological polar surface area (TPSA) is 54.5 Å². The van der Waals surface area contributed by atoms with Gasteiger partial charge in [-0.2, -0.15) is 0 Å². The van der Waals surface area contributed by atoms with Crippen molar-refractivity contribution < 1.29 is 14.4 Å². The lowest BCUT2D eigenvalue weighted by Gasteiger charge is -2.39. The Bertz CT molecular complexity index is 1900. The van der Waals surface area contributed by atoms with Crippen molar-refractivity contribution in [3.8, 4) is 0 Å². The predicted octanol–water partition coefficient (Wildman–Crippen LogP) is 8.18. The van der Waals surface area contributed by atoms with Crippen LogP contribution in [0.4, 0.5) is 5.69 Å². The van der Waals surface area contributed by atoms with Gasteiger partial charge in [-0.15, -0.1) is 0 Å². The van der Waals surface area contributed by atoms with E-state index in [4.69, 9.17) is 23.2 Å². The fourth-order valence-electron chi connectivity index (χ4n) is 8.19. The van der Waals surface area contributed by atoms with E-state index in [9.17, 15) is 9.59 Å². The van der Waals surface area contributed by atoms with E-state index < -0.39 is 34.5 Å². The number of Topliss-reactive ketones (excluding diaryl/α,β-unsaturated/α-hetero) is 1. The average molecular weight is 627 g/mol. The number of ketones is 1. The molecular weight excluding hydrogens is 601 g/mol. The summed E-state index contributed by atoms with van der Waals surface area (Å²) in [5.74, 6) is -2.98. The first kappa shape index (κ1) is 27.8. The van der Waals surface area contributed by atoms with E-state index in [0.29, 0.717) is 26.9 Å². The fourth-order valence-corrected chi connectivity index (χ4v) is 8.44. The summed E-state index contributed by atoms with van der Waals surface area (Å²) in [7, 11) is 0. The first-order valence-corrected chi connectivity index (χ1v) is 15.5. The van der Waals surface area contributed by atoms with E-state index in [1.54, 1.807) is 48.5 Å². The molecule has 1 aliphatic heterocycles. The molecule has 0 N–H and O–H groups in total. The molecule has 5 aromatic carbocycles. The number of halogens is 2. The second-order valence-electron chi connectivity index (χ2n) is 11.7. The van der Waals surface area contributed by atoms with Gasteiger partial charge in [-0.25, -0.2) is 4.90 Å². The van der Waals surface area contributed by atoms with E-state index in [-0.39, 0.29) is 5.78 Å². The zero-order valence-corrected chi connectivity index (χ0v) is 25.4. The van der Waals surface area contributed by atoms with Crippen LogP contribution in [-0.2, 0) is 25.2 Å². The number of allylic oxidation sites excluding steroid dienone is 2. The summed E-state index contributed by atoms with van der Waals surface area (Å²) in [4.78, 5) is 47.0. The van der Waals surface area contributed by atoms with Crippen LogP contribution in [0.2, 0.25) is 10.0 Å². The van der Waals surface area contributed by atoms with Gasteiger partial charge in [-0.3, -0.25) is 14.4 Å². The fraction of sp³-hybridized carbons (Fsp3) is 0.103. The monoisotopic (exact) mass is 625 g/mol. The maximum Gasteiger partial charge on any atom is 0.239 e. The predicted molar refractivity (Wildman–Crippen MR) is 177 cm³/mol. The highest BCUT2D eigenvalue weighted by molar-refractivity contribution is 6.39. The van der Waals surface area contributed by atoms with Gasteiger partial charge in [-0.1, -0.05) is 126 Å². The van der Waals surface area contributed by atoms with Crippen molar-refractivity contribution >= 4 is 57.6 Å². The van der Waals surface area contributed by atoms with E-state index in [2.05, 4.69) is 0 Å². The van der Waals surface area contributed by atoms with Crippen molar-refractivity contribution in [3.63, 3.8) is 0 Å². The lowest BCUT2D eigenvalue weighted by atomic mass is 9.59. The highest BCUT2D eigenvalue weighted by atomic mass is 35.5. The second-order valence-corrected chi connectivity index (χ2v) is 12.6. The molecule has 1 heterocycles. The van der Waals surface area contributed by atoms with Crippen molar-refractivity contribution in [2.75, 3.05) is 4.90 Å². The van der Waals surface area contributed by atoms with Gasteiger partial charge in [0.05, 0.1) is 28.4 Å². The number of amides is 2. The van der Waals surface area contributed by atoms with Crippen molar-refractivity contribution in [3.05, 3.63) is 172 Å². The number of hydrogen-bond donors (Lipinski definition) is 0. The van der Waals surface area contributed by atoms with Gasteiger partial charge in [0.1, 0.15) is 0 Å². The minimum atomic E-state index is -1.49. The highest BCUT2D eigenvalue weighted by Crippen LogP contribution is 2.74. The molecule has 2 amide bonds. The Morgan fingerprint density at radius 3 is 1.20 bits per heavy atom. The van der Waals surface area contributed by atoms with Crippen LogP contribution in [0.5, 0.6) is 0 Å². The molecule has 6 heteroatoms. The summed E-state index contributed by atoms with van der Waals surface area (Å²) >= 11 is 12.8. The van der Waals surface area contributed by atoms with Gasteiger partial charge < -0.3 is 0 Å². The molecule has 0 radical (unpaired) electrons. The molecule has 2 aliphatic carbocycles. The lowest BCUT2D eigenvalue weighted by molar-refractivity contribution is -0.130. The number of fused-ring (bicyclic) bond motifs is 5. The minimum absolute atomic E-state index is 0.193. The molecule has 1 saturated carbocycles. The maximum absolute atomic E-state index is 15.9. The number of imide groups is 1. The number of carbonyl (C=O) groups excluding carboxylic acids is 3. The van der Waals surface area contributed by atoms with Gasteiger partial charge >= 0.3 is 0 Å². The van der Waals surface area contributed by atoms with Crippen LogP contribution in [0.1, 0.15) is 22.3 Å². The Balaban J connectivity index is 1.57. The highest BCUT2D eigenvalue weighted by Gasteiger charge is 2.82. The third kappa shape index (κ3) is 3.58. The van der Waals surface area contributed by atoms with Crippen molar-refractivity contribution in [1.82, 2.24) is 0 Å². The van der Waals surface area contributed by atoms with Crippen LogP contribution < -0.4 is 4.90 Å². The first-order chi connectivity index (χ1) is 21.9. The summed E-state index contributed by atoms with van der Waals surface area (Å²) in [6, 6.07) is 42.7. The van der Waals surface area contributed by atoms with Crippen LogP contribution >= 0.6 is 23.2 Å². The van der Waals surface area contributed by atoms with Gasteiger partial charge in [0, 0.05) is 10.0 Å². The van der Waals surface area contributed by atoms with Crippen molar-refractivity contribution in [1.29, 1.82) is 0 Å². The molecule has 2 fully saturated rings. The van der Waals surface area contributed by atoms with Crippen LogP contribution in [-0.4, -0.2) is 17.6 Å². The largest absolute Gasteiger partial charge is 0.297 e. The molecule has 218 valence electrons. The van der Waals surface area contributed by atoms with E-state index in [1.807, 2.05) is 91.0 Å². The van der Waals surface area contributed by atoms with Gasteiger partial charge in [0.2, 0.25) is 11.8 Å². The summed E-state index contributed by atoms with van der Waals surface area (Å²) in [6.45, 7) is 0. The van der Waals surface area contributed by atoms with Gasteiger partial charge in [0.25, 0.3) is 0 Å². The maximum atomic E-state index is 15.9. The van der Waals surface area contributed by atoms with Crippen LogP contribution in [0, 0.1) is 11.8 Å². The SMILES string of the molecule is O=C1[C@@H]2[C@@H](C(=O)N1c1ccccc1)[C@@]1(c3ccc(Cl)cc3)C(=O)[C@@]2(c2ccc(Cl)cc2)C(c2ccccc2)=C1c1ccccc1. The summed E-state index contributed by atoms with van der Waals surface area (Å²) in [5, 5.41) is 1.01. The quantitative estimate of drug-likeness (QED) is 0.185. The number of hydrogen-bond acceptors (Lipinski definition) is 3. The average Bonchev–Trinajstić information content (AvgIpc) is 3.58. The number of nitrogens with zero attached hydrogens (tertiary/aromatic N) is 1. The molecule has 45 heavy (non-hydrogen) atoms. The smallest absolute Gasteiger partial charge is 0.239 e. The zero-order valence-electron chi connectivity index (χ0n) is 23.9. The molecule has 0 unspecified atom stereocenters. The molecule has 0 aromatic heterocycles. The molecule has 3 aliphatic rings. The molecule has 0 spiro atoms. The van der Waals surface area contributed by atoms with Crippen molar-refractivity contribution in [2.24, 2.45) is 11.8 Å². The Morgan fingerprint density at radius 2 is 0.822 bits per heavy atom. The van der Waals surface area contributed by atoms with Crippen LogP contribution in [0.15, 0.2) is 140 Å². The molecule has 2 bridgehead atoms. The number of para-hydroxylation sites is 1. The zero-order chi connectivity index (χ0) is 30.9. The number of rotatable bonds is 5. The molecule has 8 rings (SSSR count). The Labute approximate surface area is 270 Å². The standard InChI is InChI=1S/C39H25Cl2NO3/c40-28-20-16-26(17-21-28)38-31(24-10-4-1-5-11-24)32(25-12-6-2-7-13-25)39(37(38)45,27-18-22-29(41)23-19-27)34-33(38)35(43)42(36(34)44)30-14-8-3-9-15-30/h1-23,33-34H/t33-,34-,38-,39-/m0/s1. The number of carbonyl (C=O) groups is 3. The first-order valence-electron chi connectivity index (χ1n) is 14.8. The van der Waals surface area contributed by atoms with Crippen LogP contribution in [0.25, 0.3) is 11.1 Å². The van der Waals surface area contributed by atoms with Gasteiger partial charge in [0.15, 0.2) is 5.78 Å². The third-order valence-corrected chi connectivity index (χ3v) is 10.2. The van der Waals surface area contributed by atoms with E-state index in [1.165, 1.54) is 4.90 Å². The van der Waals surface area contributed by atoms with E-state index in [0.717, 1.165) is 22.3 Å². The van der Waals surface area contributed by atoms with E-state index >= 15 is 4.79 Å². The minimum Gasteiger partial charge on any atom is -0.297 e. The normalized spacial score (nSPS) is 25.3. The summed E-state index contributed by atoms with van der Waals surface area (Å²) < 4.78 is 0. The summed E-state index contributed by atoms with van der Waals surface area (Å²) in [5.41, 5.74) is 1.85. The Morgan fingerprint density at radius 1 is 0.467 bits per heavy atom. The number of anilines is 1. The van der Waals surface area contributed by atoms with Crippen molar-refractivity contribution in [2.45, 2.75) is 10.8 Å². The lowest BCUT2D eigenvalue weighted by Crippen LogP contribution is -2.45. The van der Waals surface area contributed by atoms with Crippen LogP contribution in [0.3, 0.4) is 0 Å². The second kappa shape index (κ2) is 10.1. The Hall–Kier alpha value is -4.77. The number of benzene rings is 5. The van der Waals surface area contributed by atoms with Gasteiger partial charge in [-0.05, 0) is 69.8 Å². The summed E-state index contributed by atoms with van der Waals surface area (Å²) in [6.07, 6.45) is 0. The Kier molecular flexibility index (Phi) is 6.25. The molecule has 5 aromatic rings. The third-order valence-electron chi connectivity index (χ3n) is 9.73. The molecule has 1 saturated heterocycles. The molecule has 4 atom stereocenters.